The van der Waals surface area contributed by atoms with Gasteiger partial charge in [0.1, 0.15) is 5.69 Å². The quantitative estimate of drug-likeness (QED) is 0.710. The molecule has 1 aliphatic heterocycles. The van der Waals surface area contributed by atoms with Crippen LogP contribution < -0.4 is 0 Å². The van der Waals surface area contributed by atoms with Crippen molar-refractivity contribution in [2.45, 2.75) is 6.42 Å². The molecule has 0 saturated heterocycles. The lowest BCUT2D eigenvalue weighted by molar-refractivity contribution is 0.0643. The molecule has 1 aromatic rings. The number of carbonyl (C=O) groups is 2. The highest BCUT2D eigenvalue weighted by Crippen LogP contribution is 2.20. The van der Waals surface area contributed by atoms with Crippen LogP contribution in [-0.4, -0.2) is 40.0 Å². The Bertz CT molecular complexity index is 382. The van der Waals surface area contributed by atoms with Gasteiger partial charge in [-0.2, -0.15) is 0 Å². The molecule has 0 radical (unpaired) electrons. The van der Waals surface area contributed by atoms with E-state index in [4.69, 9.17) is 5.11 Å². The zero-order valence-electron chi connectivity index (χ0n) is 8.01. The normalized spacial score (nSPS) is 14.6. The second-order valence-electron chi connectivity index (χ2n) is 3.24. The third-order valence-electron chi connectivity index (χ3n) is 2.27. The Morgan fingerprint density at radius 1 is 1.33 bits per heavy atom. The molecule has 15 heavy (non-hydrogen) atoms. The number of rotatable bonds is 3. The highest BCUT2D eigenvalue weighted by molar-refractivity contribution is 6.20. The van der Waals surface area contributed by atoms with Crippen LogP contribution in [0.1, 0.15) is 27.3 Å². The largest absolute Gasteiger partial charge is 0.396 e. The molecule has 1 aliphatic rings. The lowest BCUT2D eigenvalue weighted by Gasteiger charge is -2.11. The van der Waals surface area contributed by atoms with Crippen LogP contribution in [0.3, 0.4) is 0 Å². The second kappa shape index (κ2) is 3.78. The van der Waals surface area contributed by atoms with Crippen molar-refractivity contribution in [1.82, 2.24) is 9.88 Å². The second-order valence-corrected chi connectivity index (χ2v) is 3.24. The Morgan fingerprint density at radius 3 is 2.80 bits per heavy atom. The summed E-state index contributed by atoms with van der Waals surface area (Å²) in [5.74, 6) is -0.694. The Kier molecular flexibility index (Phi) is 2.47. The van der Waals surface area contributed by atoms with E-state index in [2.05, 4.69) is 4.98 Å². The molecule has 0 spiro atoms. The van der Waals surface area contributed by atoms with E-state index in [0.717, 1.165) is 4.90 Å². The van der Waals surface area contributed by atoms with Gasteiger partial charge in [0.2, 0.25) is 0 Å². The molecule has 78 valence electrons. The minimum Gasteiger partial charge on any atom is -0.396 e. The maximum Gasteiger partial charge on any atom is 0.280 e. The summed E-state index contributed by atoms with van der Waals surface area (Å²) in [6.07, 6.45) is 1.88. The van der Waals surface area contributed by atoms with Crippen LogP contribution in [0.5, 0.6) is 0 Å². The summed E-state index contributed by atoms with van der Waals surface area (Å²) in [6.45, 7) is 0.200. The molecule has 2 rings (SSSR count). The van der Waals surface area contributed by atoms with Gasteiger partial charge in [-0.3, -0.25) is 19.5 Å². The van der Waals surface area contributed by atoms with Gasteiger partial charge in [-0.25, -0.2) is 0 Å². The lowest BCUT2D eigenvalue weighted by Crippen LogP contribution is -2.31. The average molecular weight is 206 g/mol. The van der Waals surface area contributed by atoms with Gasteiger partial charge in [0.15, 0.2) is 0 Å². The zero-order chi connectivity index (χ0) is 10.8. The number of pyridine rings is 1. The summed E-state index contributed by atoms with van der Waals surface area (Å²) in [5.41, 5.74) is 0.556. The number of aliphatic hydroxyl groups is 1. The minimum atomic E-state index is -0.371. The number of hydrogen-bond donors (Lipinski definition) is 1. The van der Waals surface area contributed by atoms with Crippen LogP contribution in [0.2, 0.25) is 0 Å². The van der Waals surface area contributed by atoms with Crippen LogP contribution in [0, 0.1) is 0 Å². The number of imide groups is 1. The van der Waals surface area contributed by atoms with Crippen LogP contribution in [0.25, 0.3) is 0 Å². The van der Waals surface area contributed by atoms with Gasteiger partial charge in [-0.15, -0.1) is 0 Å². The summed E-state index contributed by atoms with van der Waals surface area (Å²) < 4.78 is 0. The number of fused-ring (bicyclic) bond motifs is 1. The van der Waals surface area contributed by atoms with E-state index in [0.29, 0.717) is 12.0 Å². The van der Waals surface area contributed by atoms with Crippen molar-refractivity contribution in [2.75, 3.05) is 13.2 Å². The molecule has 0 aromatic carbocycles. The minimum absolute atomic E-state index is 0.0408. The molecule has 0 fully saturated rings. The molecule has 2 heterocycles. The fourth-order valence-electron chi connectivity index (χ4n) is 1.55. The molecular formula is C10H10N2O3. The smallest absolute Gasteiger partial charge is 0.280 e. The Hall–Kier alpha value is -1.75. The first-order chi connectivity index (χ1) is 7.25. The Labute approximate surface area is 86.3 Å². The first kappa shape index (κ1) is 9.79. The Morgan fingerprint density at radius 2 is 2.13 bits per heavy atom. The van der Waals surface area contributed by atoms with Crippen molar-refractivity contribution in [2.24, 2.45) is 0 Å². The first-order valence-corrected chi connectivity index (χ1v) is 4.68. The van der Waals surface area contributed by atoms with Crippen molar-refractivity contribution in [3.05, 3.63) is 29.6 Å². The molecule has 1 aromatic heterocycles. The molecule has 0 bridgehead atoms. The van der Waals surface area contributed by atoms with Gasteiger partial charge >= 0.3 is 0 Å². The molecule has 1 N–H and O–H groups in total. The third kappa shape index (κ3) is 1.50. The SMILES string of the molecule is O=C1c2cccnc2C(=O)N1CCCO. The third-order valence-corrected chi connectivity index (χ3v) is 2.27. The molecule has 0 aliphatic carbocycles. The predicted molar refractivity (Wildman–Crippen MR) is 51.3 cm³/mol. The molecule has 0 saturated carbocycles. The maximum absolute atomic E-state index is 11.7. The highest BCUT2D eigenvalue weighted by atomic mass is 16.3. The standard InChI is InChI=1S/C10H10N2O3/c13-6-2-5-12-9(14)7-3-1-4-11-8(7)10(12)15/h1,3-4,13H,2,5-6H2. The van der Waals surface area contributed by atoms with E-state index >= 15 is 0 Å². The van der Waals surface area contributed by atoms with Crippen LogP contribution in [-0.2, 0) is 0 Å². The maximum atomic E-state index is 11.7. The molecular weight excluding hydrogens is 196 g/mol. The zero-order valence-corrected chi connectivity index (χ0v) is 8.01. The van der Waals surface area contributed by atoms with Gasteiger partial charge in [0, 0.05) is 19.3 Å². The van der Waals surface area contributed by atoms with Crippen molar-refractivity contribution in [3.8, 4) is 0 Å². The van der Waals surface area contributed by atoms with Gasteiger partial charge < -0.3 is 5.11 Å². The fourth-order valence-corrected chi connectivity index (χ4v) is 1.55. The number of hydrogen-bond acceptors (Lipinski definition) is 4. The van der Waals surface area contributed by atoms with Gasteiger partial charge in [0.05, 0.1) is 5.56 Å². The van der Waals surface area contributed by atoms with Crippen LogP contribution in [0.15, 0.2) is 18.3 Å². The first-order valence-electron chi connectivity index (χ1n) is 4.68. The fraction of sp³-hybridized carbons (Fsp3) is 0.300. The van der Waals surface area contributed by atoms with Gasteiger partial charge in [-0.1, -0.05) is 0 Å². The van der Waals surface area contributed by atoms with E-state index < -0.39 is 0 Å². The van der Waals surface area contributed by atoms with E-state index in [9.17, 15) is 9.59 Å². The van der Waals surface area contributed by atoms with Crippen LogP contribution >= 0.6 is 0 Å². The van der Waals surface area contributed by atoms with Crippen molar-refractivity contribution < 1.29 is 14.7 Å². The summed E-state index contributed by atoms with van der Waals surface area (Å²) in [7, 11) is 0. The molecule has 0 atom stereocenters. The van der Waals surface area contributed by atoms with Crippen molar-refractivity contribution in [3.63, 3.8) is 0 Å². The summed E-state index contributed by atoms with van der Waals surface area (Å²) >= 11 is 0. The summed E-state index contributed by atoms with van der Waals surface area (Å²) in [4.78, 5) is 28.4. The van der Waals surface area contributed by atoms with Gasteiger partial charge in [-0.05, 0) is 18.6 Å². The number of carbonyl (C=O) groups excluding carboxylic acids is 2. The molecule has 5 nitrogen and oxygen atoms in total. The van der Waals surface area contributed by atoms with Crippen LogP contribution in [0.4, 0.5) is 0 Å². The monoisotopic (exact) mass is 206 g/mol. The van der Waals surface area contributed by atoms with Crippen molar-refractivity contribution in [1.29, 1.82) is 0 Å². The van der Waals surface area contributed by atoms with Crippen molar-refractivity contribution >= 4 is 11.8 Å². The predicted octanol–water partition coefficient (Wildman–Crippen LogP) is 0.0600. The number of aromatic nitrogens is 1. The number of aliphatic hydroxyl groups excluding tert-OH is 1. The van der Waals surface area contributed by atoms with E-state index in [1.165, 1.54) is 6.20 Å². The number of nitrogens with zero attached hydrogens (tertiary/aromatic N) is 2. The lowest BCUT2D eigenvalue weighted by atomic mass is 10.2. The number of amides is 2. The molecule has 5 heteroatoms. The van der Waals surface area contributed by atoms with E-state index in [1.54, 1.807) is 12.1 Å². The Balaban J connectivity index is 2.29. The highest BCUT2D eigenvalue weighted by Gasteiger charge is 2.35. The molecule has 2 amide bonds. The summed E-state index contributed by atoms with van der Waals surface area (Å²) in [6, 6.07) is 3.21. The van der Waals surface area contributed by atoms with E-state index in [-0.39, 0.29) is 30.7 Å². The summed E-state index contributed by atoms with van der Waals surface area (Å²) in [5, 5.41) is 8.65. The topological polar surface area (TPSA) is 70.5 Å². The molecule has 0 unspecified atom stereocenters. The van der Waals surface area contributed by atoms with E-state index in [1.807, 2.05) is 0 Å². The van der Waals surface area contributed by atoms with Gasteiger partial charge in [0.25, 0.3) is 11.8 Å². The average Bonchev–Trinajstić information content (AvgIpc) is 2.51.